The number of carbonyl (C=O) groups excluding carboxylic acids is 2. The number of amides is 2. The molecule has 1 N–H and O–H groups in total. The molecule has 0 saturated carbocycles. The molecule has 1 unspecified atom stereocenters. The summed E-state index contributed by atoms with van der Waals surface area (Å²) in [6.07, 6.45) is 2.53. The quantitative estimate of drug-likeness (QED) is 0.920. The molecule has 0 aliphatic carbocycles. The molecule has 114 valence electrons. The maximum Gasteiger partial charge on any atom is 0.271 e. The van der Waals surface area contributed by atoms with Crippen molar-refractivity contribution in [1.29, 1.82) is 0 Å². The van der Waals surface area contributed by atoms with Gasteiger partial charge >= 0.3 is 0 Å². The lowest BCUT2D eigenvalue weighted by Gasteiger charge is -2.30. The van der Waals surface area contributed by atoms with Gasteiger partial charge in [0.1, 0.15) is 11.5 Å². The van der Waals surface area contributed by atoms with E-state index in [-0.39, 0.29) is 34.5 Å². The van der Waals surface area contributed by atoms with E-state index < -0.39 is 0 Å². The Labute approximate surface area is 128 Å². The number of nitrogens with zero attached hydrogens (tertiary/aromatic N) is 3. The molecule has 2 heterocycles. The normalized spacial score (nSPS) is 19.0. The minimum Gasteiger partial charge on any atom is -0.346 e. The molecule has 1 aliphatic heterocycles. The summed E-state index contributed by atoms with van der Waals surface area (Å²) in [5.74, 6) is 0.479. The summed E-state index contributed by atoms with van der Waals surface area (Å²) in [5, 5.41) is 3.12. The van der Waals surface area contributed by atoms with Crippen LogP contribution in [-0.4, -0.2) is 46.3 Å². The number of aromatic nitrogens is 2. The van der Waals surface area contributed by atoms with Gasteiger partial charge in [0.05, 0.1) is 11.2 Å². The Morgan fingerprint density at radius 1 is 1.52 bits per heavy atom. The van der Waals surface area contributed by atoms with Crippen LogP contribution in [0.25, 0.3) is 0 Å². The van der Waals surface area contributed by atoms with E-state index in [1.807, 2.05) is 13.8 Å². The fourth-order valence-electron chi connectivity index (χ4n) is 2.20. The zero-order valence-corrected chi connectivity index (χ0v) is 13.1. The van der Waals surface area contributed by atoms with Crippen molar-refractivity contribution < 1.29 is 9.59 Å². The zero-order valence-electron chi connectivity index (χ0n) is 12.4. The molecule has 21 heavy (non-hydrogen) atoms. The van der Waals surface area contributed by atoms with Gasteiger partial charge in [-0.05, 0) is 6.42 Å². The van der Waals surface area contributed by atoms with Crippen LogP contribution in [0.1, 0.15) is 48.9 Å². The maximum atomic E-state index is 12.3. The van der Waals surface area contributed by atoms with Gasteiger partial charge in [0.25, 0.3) is 5.91 Å². The topological polar surface area (TPSA) is 75.2 Å². The Morgan fingerprint density at radius 2 is 2.24 bits per heavy atom. The van der Waals surface area contributed by atoms with Gasteiger partial charge in [0.15, 0.2) is 0 Å². The Balaban J connectivity index is 2.10. The minimum atomic E-state index is -0.322. The van der Waals surface area contributed by atoms with E-state index in [9.17, 15) is 9.59 Å². The number of piperidine rings is 1. The van der Waals surface area contributed by atoms with E-state index in [1.165, 1.54) is 6.20 Å². The molecular formula is C14H19ClN4O2. The van der Waals surface area contributed by atoms with Crippen molar-refractivity contribution in [3.05, 3.63) is 22.7 Å². The average Bonchev–Trinajstić information content (AvgIpc) is 2.43. The Bertz CT molecular complexity index is 562. The molecule has 0 spiro atoms. The third-order valence-corrected chi connectivity index (χ3v) is 3.73. The maximum absolute atomic E-state index is 12.3. The van der Waals surface area contributed by atoms with Crippen molar-refractivity contribution in [3.63, 3.8) is 0 Å². The van der Waals surface area contributed by atoms with Crippen molar-refractivity contribution in [2.75, 3.05) is 13.6 Å². The van der Waals surface area contributed by atoms with E-state index in [0.717, 1.165) is 0 Å². The summed E-state index contributed by atoms with van der Waals surface area (Å²) in [7, 11) is 1.73. The number of rotatable bonds is 3. The number of hydrogen-bond acceptors (Lipinski definition) is 4. The minimum absolute atomic E-state index is 0.0752. The number of halogens is 1. The van der Waals surface area contributed by atoms with Crippen molar-refractivity contribution in [3.8, 4) is 0 Å². The fraction of sp³-hybridized carbons (Fsp3) is 0.571. The standard InChI is InChI=1S/C14H19ClN4O2/c1-8(2)13-16-6-10(15)12(18-13)14(21)17-9-4-5-11(20)19(3)7-9/h6,8-9H,4-5,7H2,1-3H3,(H,17,21). The first kappa shape index (κ1) is 15.7. The first-order chi connectivity index (χ1) is 9.88. The molecule has 2 amide bonds. The first-order valence-electron chi connectivity index (χ1n) is 6.95. The lowest BCUT2D eigenvalue weighted by Crippen LogP contribution is -2.48. The lowest BCUT2D eigenvalue weighted by atomic mass is 10.1. The van der Waals surface area contributed by atoms with Crippen molar-refractivity contribution in [2.24, 2.45) is 0 Å². The van der Waals surface area contributed by atoms with Crippen molar-refractivity contribution in [2.45, 2.75) is 38.6 Å². The smallest absolute Gasteiger partial charge is 0.271 e. The van der Waals surface area contributed by atoms with Crippen LogP contribution >= 0.6 is 11.6 Å². The molecule has 1 fully saturated rings. The van der Waals surface area contributed by atoms with Gasteiger partial charge in [-0.15, -0.1) is 0 Å². The third-order valence-electron chi connectivity index (χ3n) is 3.46. The molecule has 0 bridgehead atoms. The predicted octanol–water partition coefficient (Wildman–Crippen LogP) is 1.60. The van der Waals surface area contributed by atoms with Crippen LogP contribution in [-0.2, 0) is 4.79 Å². The molecule has 1 aliphatic rings. The first-order valence-corrected chi connectivity index (χ1v) is 7.33. The number of likely N-dealkylation sites (tertiary alicyclic amines) is 1. The van der Waals surface area contributed by atoms with Crippen LogP contribution in [0, 0.1) is 0 Å². The average molecular weight is 311 g/mol. The second kappa shape index (κ2) is 6.39. The molecule has 1 atom stereocenters. The monoisotopic (exact) mass is 310 g/mol. The molecule has 1 aromatic heterocycles. The summed E-state index contributed by atoms with van der Waals surface area (Å²) in [5.41, 5.74) is 0.190. The molecule has 1 saturated heterocycles. The fourth-order valence-corrected chi connectivity index (χ4v) is 2.38. The van der Waals surface area contributed by atoms with Gasteiger partial charge in [-0.2, -0.15) is 0 Å². The number of likely N-dealkylation sites (N-methyl/N-ethyl adjacent to an activating group) is 1. The van der Waals surface area contributed by atoms with Crippen LogP contribution in [0.4, 0.5) is 0 Å². The molecule has 6 nitrogen and oxygen atoms in total. The number of carbonyl (C=O) groups is 2. The second-order valence-corrected chi connectivity index (χ2v) is 5.97. The summed E-state index contributed by atoms with van der Waals surface area (Å²) in [4.78, 5) is 33.7. The van der Waals surface area contributed by atoms with Crippen LogP contribution in [0.15, 0.2) is 6.20 Å². The number of hydrogen-bond donors (Lipinski definition) is 1. The van der Waals surface area contributed by atoms with E-state index in [2.05, 4.69) is 15.3 Å². The van der Waals surface area contributed by atoms with Gasteiger partial charge in [-0.1, -0.05) is 25.4 Å². The van der Waals surface area contributed by atoms with E-state index in [0.29, 0.717) is 25.2 Å². The summed E-state index contributed by atoms with van der Waals surface area (Å²) in [6.45, 7) is 4.41. The van der Waals surface area contributed by atoms with E-state index >= 15 is 0 Å². The summed E-state index contributed by atoms with van der Waals surface area (Å²) < 4.78 is 0. The highest BCUT2D eigenvalue weighted by Crippen LogP contribution is 2.17. The molecule has 1 aromatic rings. The molecular weight excluding hydrogens is 292 g/mol. The second-order valence-electron chi connectivity index (χ2n) is 5.56. The SMILES string of the molecule is CC(C)c1ncc(Cl)c(C(=O)NC2CCC(=O)N(C)C2)n1. The van der Waals surface area contributed by atoms with Crippen molar-refractivity contribution >= 4 is 23.4 Å². The lowest BCUT2D eigenvalue weighted by molar-refractivity contribution is -0.132. The predicted molar refractivity (Wildman–Crippen MR) is 79.3 cm³/mol. The summed E-state index contributed by atoms with van der Waals surface area (Å²) >= 11 is 6.01. The van der Waals surface area contributed by atoms with Crippen LogP contribution in [0.2, 0.25) is 5.02 Å². The van der Waals surface area contributed by atoms with E-state index in [4.69, 9.17) is 11.6 Å². The summed E-state index contributed by atoms with van der Waals surface area (Å²) in [6, 6.07) is -0.0752. The molecule has 7 heteroatoms. The van der Waals surface area contributed by atoms with Crippen LogP contribution < -0.4 is 5.32 Å². The highest BCUT2D eigenvalue weighted by Gasteiger charge is 2.25. The molecule has 2 rings (SSSR count). The van der Waals surface area contributed by atoms with E-state index in [1.54, 1.807) is 11.9 Å². The Hall–Kier alpha value is -1.69. The van der Waals surface area contributed by atoms with Gasteiger partial charge in [-0.25, -0.2) is 9.97 Å². The van der Waals surface area contributed by atoms with Gasteiger partial charge in [-0.3, -0.25) is 9.59 Å². The zero-order chi connectivity index (χ0) is 15.6. The van der Waals surface area contributed by atoms with Gasteiger partial charge in [0, 0.05) is 32.0 Å². The Morgan fingerprint density at radius 3 is 2.86 bits per heavy atom. The van der Waals surface area contributed by atoms with Crippen molar-refractivity contribution in [1.82, 2.24) is 20.2 Å². The van der Waals surface area contributed by atoms with Gasteiger partial charge < -0.3 is 10.2 Å². The van der Waals surface area contributed by atoms with Crippen LogP contribution in [0.3, 0.4) is 0 Å². The highest BCUT2D eigenvalue weighted by atomic mass is 35.5. The third kappa shape index (κ3) is 3.69. The molecule has 0 radical (unpaired) electrons. The Kier molecular flexibility index (Phi) is 4.77. The molecule has 0 aromatic carbocycles. The highest BCUT2D eigenvalue weighted by molar-refractivity contribution is 6.33. The largest absolute Gasteiger partial charge is 0.346 e. The number of nitrogens with one attached hydrogen (secondary N) is 1. The van der Waals surface area contributed by atoms with Crippen LogP contribution in [0.5, 0.6) is 0 Å². The van der Waals surface area contributed by atoms with Gasteiger partial charge in [0.2, 0.25) is 5.91 Å².